The minimum Gasteiger partial charge on any atom is -0.463 e. The van der Waals surface area contributed by atoms with E-state index >= 15 is 0 Å². The predicted molar refractivity (Wildman–Crippen MR) is 140 cm³/mol. The minimum atomic E-state index is -1.31. The zero-order valence-corrected chi connectivity index (χ0v) is 22.4. The highest BCUT2D eigenvalue weighted by atomic mass is 16.5. The summed E-state index contributed by atoms with van der Waals surface area (Å²) in [5.74, 6) is -0.574. The van der Waals surface area contributed by atoms with Crippen LogP contribution in [0.3, 0.4) is 0 Å². The van der Waals surface area contributed by atoms with Gasteiger partial charge < -0.3 is 20.3 Å². The molecule has 0 atom stereocenters. The maximum Gasteiger partial charge on any atom is 0.305 e. The fourth-order valence-electron chi connectivity index (χ4n) is 4.08. The number of aliphatic hydroxyl groups is 2. The summed E-state index contributed by atoms with van der Waals surface area (Å²) < 4.78 is 5.28. The maximum absolute atomic E-state index is 12.2. The molecule has 0 radical (unpaired) electrons. The van der Waals surface area contributed by atoms with Crippen molar-refractivity contribution < 1.29 is 24.5 Å². The van der Waals surface area contributed by atoms with Gasteiger partial charge in [-0.05, 0) is 12.8 Å². The third-order valence-electron chi connectivity index (χ3n) is 6.51. The van der Waals surface area contributed by atoms with Crippen molar-refractivity contribution in [1.82, 2.24) is 5.32 Å². The van der Waals surface area contributed by atoms with Crippen molar-refractivity contribution in [2.75, 3.05) is 19.8 Å². The van der Waals surface area contributed by atoms with Crippen LogP contribution in [0.25, 0.3) is 0 Å². The van der Waals surface area contributed by atoms with Crippen molar-refractivity contribution in [3.8, 4) is 0 Å². The van der Waals surface area contributed by atoms with Gasteiger partial charge in [-0.15, -0.1) is 0 Å². The number of esters is 1. The van der Waals surface area contributed by atoms with Crippen LogP contribution in [0, 0.1) is 0 Å². The zero-order valence-electron chi connectivity index (χ0n) is 22.4. The summed E-state index contributed by atoms with van der Waals surface area (Å²) in [6, 6.07) is 0. The van der Waals surface area contributed by atoms with Gasteiger partial charge in [0.25, 0.3) is 0 Å². The first-order valence-corrected chi connectivity index (χ1v) is 14.2. The minimum absolute atomic E-state index is 0.209. The van der Waals surface area contributed by atoms with Crippen LogP contribution in [0.15, 0.2) is 0 Å². The standard InChI is InChI=1S/C28H55NO5/c1-3-5-7-9-10-11-12-13-14-15-16-18-20-22-27(33)34-25-28(23-30,24-31)29-26(32)21-19-17-8-6-4-2/h30-31H,3-25H2,1-2H3,(H,29,32). The second kappa shape index (κ2) is 23.6. The van der Waals surface area contributed by atoms with Gasteiger partial charge in [0, 0.05) is 12.8 Å². The molecule has 6 heteroatoms. The first kappa shape index (κ1) is 32.9. The Balaban J connectivity index is 3.83. The van der Waals surface area contributed by atoms with Gasteiger partial charge >= 0.3 is 5.97 Å². The molecule has 0 aromatic heterocycles. The molecule has 34 heavy (non-hydrogen) atoms. The van der Waals surface area contributed by atoms with Crippen LogP contribution in [0.1, 0.15) is 142 Å². The maximum atomic E-state index is 12.2. The quantitative estimate of drug-likeness (QED) is 0.105. The van der Waals surface area contributed by atoms with Crippen LogP contribution in [-0.2, 0) is 14.3 Å². The van der Waals surface area contributed by atoms with Gasteiger partial charge in [-0.25, -0.2) is 0 Å². The lowest BCUT2D eigenvalue weighted by Crippen LogP contribution is -2.57. The third kappa shape index (κ3) is 19.2. The largest absolute Gasteiger partial charge is 0.463 e. The lowest BCUT2D eigenvalue weighted by Gasteiger charge is -2.30. The number of nitrogens with one attached hydrogen (secondary N) is 1. The number of hydrogen-bond donors (Lipinski definition) is 3. The Morgan fingerprint density at radius 3 is 1.41 bits per heavy atom. The smallest absolute Gasteiger partial charge is 0.305 e. The van der Waals surface area contributed by atoms with E-state index in [0.717, 1.165) is 51.4 Å². The van der Waals surface area contributed by atoms with E-state index in [1.54, 1.807) is 0 Å². The molecular formula is C28H55NO5. The zero-order chi connectivity index (χ0) is 25.3. The summed E-state index contributed by atoms with van der Waals surface area (Å²) in [4.78, 5) is 24.3. The highest BCUT2D eigenvalue weighted by Crippen LogP contribution is 2.14. The van der Waals surface area contributed by atoms with E-state index in [0.29, 0.717) is 12.8 Å². The first-order chi connectivity index (χ1) is 16.5. The molecule has 0 fully saturated rings. The average molecular weight is 486 g/mol. The molecule has 0 aliphatic rings. The van der Waals surface area contributed by atoms with E-state index in [2.05, 4.69) is 19.2 Å². The second-order valence-corrected chi connectivity index (χ2v) is 9.96. The molecule has 0 aliphatic heterocycles. The number of aliphatic hydroxyl groups excluding tert-OH is 2. The molecule has 0 saturated carbocycles. The fourth-order valence-corrected chi connectivity index (χ4v) is 4.08. The van der Waals surface area contributed by atoms with E-state index in [1.165, 1.54) is 64.2 Å². The Kier molecular flexibility index (Phi) is 22.8. The van der Waals surface area contributed by atoms with Gasteiger partial charge in [0.15, 0.2) is 0 Å². The molecule has 3 N–H and O–H groups in total. The van der Waals surface area contributed by atoms with Gasteiger partial charge in [0.05, 0.1) is 13.2 Å². The molecule has 6 nitrogen and oxygen atoms in total. The number of rotatable bonds is 25. The highest BCUT2D eigenvalue weighted by Gasteiger charge is 2.32. The molecule has 0 unspecified atom stereocenters. The van der Waals surface area contributed by atoms with Crippen LogP contribution >= 0.6 is 0 Å². The summed E-state index contributed by atoms with van der Waals surface area (Å²) in [5.41, 5.74) is -1.31. The van der Waals surface area contributed by atoms with Crippen molar-refractivity contribution in [1.29, 1.82) is 0 Å². The van der Waals surface area contributed by atoms with E-state index in [4.69, 9.17) is 4.74 Å². The Hall–Kier alpha value is -1.14. The van der Waals surface area contributed by atoms with Gasteiger partial charge in [-0.3, -0.25) is 9.59 Å². The van der Waals surface area contributed by atoms with Crippen molar-refractivity contribution in [3.63, 3.8) is 0 Å². The molecule has 202 valence electrons. The van der Waals surface area contributed by atoms with Crippen LogP contribution in [0.2, 0.25) is 0 Å². The molecule has 0 aliphatic carbocycles. The van der Waals surface area contributed by atoms with E-state index < -0.39 is 18.8 Å². The van der Waals surface area contributed by atoms with E-state index in [9.17, 15) is 19.8 Å². The molecule has 0 bridgehead atoms. The number of unbranched alkanes of at least 4 members (excludes halogenated alkanes) is 16. The van der Waals surface area contributed by atoms with Crippen LogP contribution in [0.4, 0.5) is 0 Å². The molecule has 0 spiro atoms. The Morgan fingerprint density at radius 2 is 1.00 bits per heavy atom. The number of carbonyl (C=O) groups is 2. The monoisotopic (exact) mass is 485 g/mol. The van der Waals surface area contributed by atoms with Gasteiger partial charge in [0.2, 0.25) is 5.91 Å². The van der Waals surface area contributed by atoms with E-state index in [1.807, 2.05) is 0 Å². The number of ether oxygens (including phenoxy) is 1. The molecule has 0 aromatic rings. The van der Waals surface area contributed by atoms with E-state index in [-0.39, 0.29) is 18.5 Å². The molecule has 0 aromatic carbocycles. The summed E-state index contributed by atoms with van der Waals surface area (Å²) >= 11 is 0. The Labute approximate surface area is 209 Å². The number of carbonyl (C=O) groups excluding carboxylic acids is 2. The Bertz CT molecular complexity index is 479. The number of amides is 1. The van der Waals surface area contributed by atoms with Crippen molar-refractivity contribution in [3.05, 3.63) is 0 Å². The van der Waals surface area contributed by atoms with Gasteiger partial charge in [-0.2, -0.15) is 0 Å². The van der Waals surface area contributed by atoms with Crippen molar-refractivity contribution in [2.24, 2.45) is 0 Å². The molecule has 0 rings (SSSR count). The lowest BCUT2D eigenvalue weighted by molar-refractivity contribution is -0.149. The summed E-state index contributed by atoms with van der Waals surface area (Å²) in [6.45, 7) is 3.23. The fraction of sp³-hybridized carbons (Fsp3) is 0.929. The average Bonchev–Trinajstić information content (AvgIpc) is 2.84. The highest BCUT2D eigenvalue weighted by molar-refractivity contribution is 5.77. The predicted octanol–water partition coefficient (Wildman–Crippen LogP) is 6.21. The second-order valence-electron chi connectivity index (χ2n) is 9.96. The van der Waals surface area contributed by atoms with Crippen molar-refractivity contribution in [2.45, 2.75) is 148 Å². The SMILES string of the molecule is CCCCCCCCCCCCCCCC(=O)OCC(CO)(CO)NC(=O)CCCCCCC. The summed E-state index contributed by atoms with van der Waals surface area (Å²) in [6.07, 6.45) is 22.1. The molecular weight excluding hydrogens is 430 g/mol. The molecule has 0 heterocycles. The van der Waals surface area contributed by atoms with Crippen LogP contribution in [0.5, 0.6) is 0 Å². The first-order valence-electron chi connectivity index (χ1n) is 14.2. The molecule has 1 amide bonds. The third-order valence-corrected chi connectivity index (χ3v) is 6.51. The van der Waals surface area contributed by atoms with Gasteiger partial charge in [-0.1, -0.05) is 117 Å². The number of hydrogen-bond acceptors (Lipinski definition) is 5. The normalized spacial score (nSPS) is 11.5. The van der Waals surface area contributed by atoms with Crippen molar-refractivity contribution >= 4 is 11.9 Å². The topological polar surface area (TPSA) is 95.9 Å². The lowest BCUT2D eigenvalue weighted by atomic mass is 10.0. The van der Waals surface area contributed by atoms with Crippen LogP contribution in [-0.4, -0.2) is 47.4 Å². The van der Waals surface area contributed by atoms with Crippen LogP contribution < -0.4 is 5.32 Å². The summed E-state index contributed by atoms with van der Waals surface area (Å²) in [5, 5.41) is 22.1. The summed E-state index contributed by atoms with van der Waals surface area (Å²) in [7, 11) is 0. The Morgan fingerprint density at radius 1 is 0.618 bits per heavy atom. The molecule has 0 saturated heterocycles. The van der Waals surface area contributed by atoms with Gasteiger partial charge in [0.1, 0.15) is 12.1 Å².